The highest BCUT2D eigenvalue weighted by atomic mass is 16.4. The fourth-order valence-electron chi connectivity index (χ4n) is 2.08. The van der Waals surface area contributed by atoms with Crippen LogP contribution in [0.2, 0.25) is 0 Å². The molecule has 6 heteroatoms. The molecule has 1 heterocycles. The molecular weight excluding hydrogens is 258 g/mol. The SMILES string of the molecule is CC(C)(C)C(CC(=O)O)Nc1nccn(C2CC2)c1=O. The van der Waals surface area contributed by atoms with E-state index in [0.29, 0.717) is 0 Å². The fourth-order valence-corrected chi connectivity index (χ4v) is 2.08. The van der Waals surface area contributed by atoms with Gasteiger partial charge in [0, 0.05) is 24.5 Å². The highest BCUT2D eigenvalue weighted by Gasteiger charge is 2.29. The molecule has 1 saturated carbocycles. The van der Waals surface area contributed by atoms with Crippen LogP contribution >= 0.6 is 0 Å². The summed E-state index contributed by atoms with van der Waals surface area (Å²) < 4.78 is 1.68. The van der Waals surface area contributed by atoms with Crippen molar-refractivity contribution in [3.63, 3.8) is 0 Å². The Morgan fingerprint density at radius 1 is 1.55 bits per heavy atom. The topological polar surface area (TPSA) is 84.2 Å². The third-order valence-corrected chi connectivity index (χ3v) is 3.54. The number of carboxylic acid groups (broad SMARTS) is 1. The molecule has 2 N–H and O–H groups in total. The van der Waals surface area contributed by atoms with Crippen molar-refractivity contribution in [1.29, 1.82) is 0 Å². The molecule has 0 aliphatic heterocycles. The first-order valence-corrected chi connectivity index (χ1v) is 6.84. The lowest BCUT2D eigenvalue weighted by molar-refractivity contribution is -0.137. The van der Waals surface area contributed by atoms with Crippen LogP contribution < -0.4 is 10.9 Å². The highest BCUT2D eigenvalue weighted by molar-refractivity contribution is 5.68. The Morgan fingerprint density at radius 2 is 2.20 bits per heavy atom. The lowest BCUT2D eigenvalue weighted by Gasteiger charge is -2.30. The maximum absolute atomic E-state index is 12.3. The maximum Gasteiger partial charge on any atom is 0.305 e. The number of aromatic nitrogens is 2. The number of carbonyl (C=O) groups is 1. The van der Waals surface area contributed by atoms with Crippen molar-refractivity contribution in [3.8, 4) is 0 Å². The molecule has 0 bridgehead atoms. The summed E-state index contributed by atoms with van der Waals surface area (Å²) in [6.07, 6.45) is 5.25. The normalized spacial score (nSPS) is 16.8. The van der Waals surface area contributed by atoms with Crippen molar-refractivity contribution >= 4 is 11.8 Å². The Hall–Kier alpha value is -1.85. The number of aliphatic carboxylic acids is 1. The summed E-state index contributed by atoms with van der Waals surface area (Å²) in [6.45, 7) is 5.82. The second-order valence-corrected chi connectivity index (χ2v) is 6.38. The largest absolute Gasteiger partial charge is 0.481 e. The number of anilines is 1. The van der Waals surface area contributed by atoms with Crippen molar-refractivity contribution in [3.05, 3.63) is 22.7 Å². The minimum Gasteiger partial charge on any atom is -0.481 e. The van der Waals surface area contributed by atoms with E-state index < -0.39 is 5.97 Å². The molecule has 1 atom stereocenters. The van der Waals surface area contributed by atoms with Crippen LogP contribution in [0, 0.1) is 5.41 Å². The van der Waals surface area contributed by atoms with Gasteiger partial charge in [0.1, 0.15) is 0 Å². The van der Waals surface area contributed by atoms with E-state index in [0.717, 1.165) is 12.8 Å². The van der Waals surface area contributed by atoms with Crippen LogP contribution in [0.25, 0.3) is 0 Å². The zero-order chi connectivity index (χ0) is 14.9. The van der Waals surface area contributed by atoms with E-state index in [2.05, 4.69) is 10.3 Å². The van der Waals surface area contributed by atoms with Gasteiger partial charge in [0.2, 0.25) is 0 Å². The fraction of sp³-hybridized carbons (Fsp3) is 0.643. The van der Waals surface area contributed by atoms with Crippen LogP contribution in [0.5, 0.6) is 0 Å². The van der Waals surface area contributed by atoms with Gasteiger partial charge in [-0.15, -0.1) is 0 Å². The van der Waals surface area contributed by atoms with Gasteiger partial charge in [0.25, 0.3) is 5.56 Å². The second-order valence-electron chi connectivity index (χ2n) is 6.38. The zero-order valence-corrected chi connectivity index (χ0v) is 12.1. The van der Waals surface area contributed by atoms with Crippen molar-refractivity contribution in [1.82, 2.24) is 9.55 Å². The number of rotatable bonds is 5. The number of nitrogens with zero attached hydrogens (tertiary/aromatic N) is 2. The summed E-state index contributed by atoms with van der Waals surface area (Å²) in [5, 5.41) is 12.0. The van der Waals surface area contributed by atoms with E-state index >= 15 is 0 Å². The average molecular weight is 279 g/mol. The monoisotopic (exact) mass is 279 g/mol. The van der Waals surface area contributed by atoms with Gasteiger partial charge in [0.05, 0.1) is 6.42 Å². The minimum atomic E-state index is -0.893. The molecule has 0 radical (unpaired) electrons. The predicted octanol–water partition coefficient (Wildman–Crippen LogP) is 1.88. The van der Waals surface area contributed by atoms with Gasteiger partial charge in [0.15, 0.2) is 5.82 Å². The molecule has 1 aromatic heterocycles. The van der Waals surface area contributed by atoms with Crippen molar-refractivity contribution in [2.75, 3.05) is 5.32 Å². The average Bonchev–Trinajstić information content (AvgIpc) is 3.13. The summed E-state index contributed by atoms with van der Waals surface area (Å²) in [7, 11) is 0. The third-order valence-electron chi connectivity index (χ3n) is 3.54. The molecule has 2 rings (SSSR count). The molecule has 6 nitrogen and oxygen atoms in total. The summed E-state index contributed by atoms with van der Waals surface area (Å²) in [5.41, 5.74) is -0.457. The number of nitrogens with one attached hydrogen (secondary N) is 1. The van der Waals surface area contributed by atoms with E-state index in [9.17, 15) is 9.59 Å². The second kappa shape index (κ2) is 5.26. The minimum absolute atomic E-state index is 0.0526. The maximum atomic E-state index is 12.3. The lowest BCUT2D eigenvalue weighted by atomic mass is 9.85. The Labute approximate surface area is 117 Å². The van der Waals surface area contributed by atoms with E-state index in [4.69, 9.17) is 5.11 Å². The summed E-state index contributed by atoms with van der Waals surface area (Å²) in [5.74, 6) is -0.656. The highest BCUT2D eigenvalue weighted by Crippen LogP contribution is 2.33. The molecule has 0 aromatic carbocycles. The van der Waals surface area contributed by atoms with Gasteiger partial charge in [-0.25, -0.2) is 4.98 Å². The molecule has 1 fully saturated rings. The molecule has 0 amide bonds. The molecule has 20 heavy (non-hydrogen) atoms. The molecule has 1 aliphatic carbocycles. The van der Waals surface area contributed by atoms with Crippen LogP contribution in [-0.4, -0.2) is 26.7 Å². The molecular formula is C14H21N3O3. The molecule has 1 unspecified atom stereocenters. The summed E-state index contributed by atoms with van der Waals surface area (Å²) in [4.78, 5) is 27.3. The lowest BCUT2D eigenvalue weighted by Crippen LogP contribution is -2.39. The van der Waals surface area contributed by atoms with Crippen LogP contribution in [-0.2, 0) is 4.79 Å². The van der Waals surface area contributed by atoms with E-state index in [1.165, 1.54) is 0 Å². The van der Waals surface area contributed by atoms with Crippen LogP contribution in [0.15, 0.2) is 17.2 Å². The Kier molecular flexibility index (Phi) is 3.83. The van der Waals surface area contributed by atoms with Crippen molar-refractivity contribution in [2.24, 2.45) is 5.41 Å². The van der Waals surface area contributed by atoms with Gasteiger partial charge in [-0.2, -0.15) is 0 Å². The van der Waals surface area contributed by atoms with E-state index in [1.807, 2.05) is 20.8 Å². The first kappa shape index (κ1) is 14.6. The van der Waals surface area contributed by atoms with Gasteiger partial charge in [-0.3, -0.25) is 9.59 Å². The molecule has 110 valence electrons. The quantitative estimate of drug-likeness (QED) is 0.859. The van der Waals surface area contributed by atoms with Crippen LogP contribution in [0.4, 0.5) is 5.82 Å². The molecule has 0 saturated heterocycles. The first-order valence-electron chi connectivity index (χ1n) is 6.84. The van der Waals surface area contributed by atoms with Crippen LogP contribution in [0.1, 0.15) is 46.1 Å². The molecule has 1 aromatic rings. The number of hydrogen-bond donors (Lipinski definition) is 2. The first-order chi connectivity index (χ1) is 9.29. The molecule has 0 spiro atoms. The van der Waals surface area contributed by atoms with Crippen LogP contribution in [0.3, 0.4) is 0 Å². The number of hydrogen-bond acceptors (Lipinski definition) is 4. The summed E-state index contributed by atoms with van der Waals surface area (Å²) >= 11 is 0. The van der Waals surface area contributed by atoms with E-state index in [1.54, 1.807) is 17.0 Å². The van der Waals surface area contributed by atoms with Crippen molar-refractivity contribution < 1.29 is 9.90 Å². The van der Waals surface area contributed by atoms with E-state index in [-0.39, 0.29) is 35.3 Å². The molecule has 1 aliphatic rings. The van der Waals surface area contributed by atoms with Gasteiger partial charge in [-0.05, 0) is 18.3 Å². The van der Waals surface area contributed by atoms with Gasteiger partial charge >= 0.3 is 5.97 Å². The Bertz CT molecular complexity index is 556. The van der Waals surface area contributed by atoms with Gasteiger partial charge in [-0.1, -0.05) is 20.8 Å². The Balaban J connectivity index is 2.24. The number of carboxylic acids is 1. The smallest absolute Gasteiger partial charge is 0.305 e. The Morgan fingerprint density at radius 3 is 2.70 bits per heavy atom. The van der Waals surface area contributed by atoms with Gasteiger partial charge < -0.3 is 15.0 Å². The zero-order valence-electron chi connectivity index (χ0n) is 12.1. The third kappa shape index (κ3) is 3.37. The predicted molar refractivity (Wildman–Crippen MR) is 75.9 cm³/mol. The van der Waals surface area contributed by atoms with Crippen molar-refractivity contribution in [2.45, 2.75) is 52.1 Å². The summed E-state index contributed by atoms with van der Waals surface area (Å²) in [6, 6.07) is -0.0751. The standard InChI is InChI=1S/C14H21N3O3/c1-14(2,3)10(8-11(18)19)16-12-13(20)17(7-6-15-12)9-4-5-9/h6-7,9-10H,4-5,8H2,1-3H3,(H,15,16)(H,18,19).